The first-order chi connectivity index (χ1) is 12.4. The molecule has 2 fully saturated rings. The van der Waals surface area contributed by atoms with E-state index in [9.17, 15) is 9.90 Å². The van der Waals surface area contributed by atoms with Crippen molar-refractivity contribution < 1.29 is 9.90 Å². The maximum absolute atomic E-state index is 11.4. The van der Waals surface area contributed by atoms with Gasteiger partial charge >= 0.3 is 6.09 Å². The summed E-state index contributed by atoms with van der Waals surface area (Å²) in [5.74, 6) is 0. The van der Waals surface area contributed by atoms with E-state index in [0.717, 1.165) is 31.5 Å². The van der Waals surface area contributed by atoms with Crippen molar-refractivity contribution in [2.75, 3.05) is 30.5 Å². The van der Waals surface area contributed by atoms with E-state index >= 15 is 0 Å². The van der Waals surface area contributed by atoms with Crippen molar-refractivity contribution in [2.24, 2.45) is 0 Å². The molecule has 1 saturated heterocycles. The molecule has 0 bridgehead atoms. The van der Waals surface area contributed by atoms with E-state index in [1.165, 1.54) is 30.5 Å². The summed E-state index contributed by atoms with van der Waals surface area (Å²) in [6, 6.07) is 6.72. The van der Waals surface area contributed by atoms with Crippen LogP contribution >= 0.6 is 0 Å². The third kappa shape index (κ3) is 2.62. The largest absolute Gasteiger partial charge is 0.464 e. The summed E-state index contributed by atoms with van der Waals surface area (Å²) in [4.78, 5) is 16.2. The van der Waals surface area contributed by atoms with Crippen LogP contribution in [0.5, 0.6) is 0 Å². The minimum absolute atomic E-state index is 0.0936. The van der Waals surface area contributed by atoms with Gasteiger partial charge in [-0.15, -0.1) is 0 Å². The van der Waals surface area contributed by atoms with Crippen LogP contribution in [-0.2, 0) is 5.41 Å². The molecule has 4 rings (SSSR count). The summed E-state index contributed by atoms with van der Waals surface area (Å²) < 4.78 is 0. The molecule has 2 N–H and O–H groups in total. The van der Waals surface area contributed by atoms with Gasteiger partial charge in [0.25, 0.3) is 0 Å². The predicted molar refractivity (Wildman–Crippen MR) is 104 cm³/mol. The number of likely N-dealkylation sites (N-methyl/N-ethyl adjacent to an activating group) is 2. The van der Waals surface area contributed by atoms with Crippen LogP contribution in [0.4, 0.5) is 16.2 Å². The number of carboxylic acid groups (broad SMARTS) is 1. The number of nitrogens with one attached hydrogen (secondary N) is 1. The number of rotatable bonds is 3. The van der Waals surface area contributed by atoms with Gasteiger partial charge in [-0.2, -0.15) is 0 Å². The topological polar surface area (TPSA) is 59.1 Å². The Morgan fingerprint density at radius 1 is 1.27 bits per heavy atom. The minimum atomic E-state index is -0.988. The molecular weight excluding hydrogens is 328 g/mol. The number of amides is 1. The zero-order valence-corrected chi connectivity index (χ0v) is 16.0. The van der Waals surface area contributed by atoms with Gasteiger partial charge in [-0.3, -0.25) is 9.91 Å². The Hall–Kier alpha value is -1.95. The van der Waals surface area contributed by atoms with Crippen LogP contribution in [0.15, 0.2) is 18.2 Å². The summed E-state index contributed by atoms with van der Waals surface area (Å²) in [7, 11) is 4.37. The van der Waals surface area contributed by atoms with E-state index in [1.807, 2.05) is 5.01 Å². The van der Waals surface area contributed by atoms with Crippen LogP contribution in [0.1, 0.15) is 51.0 Å². The van der Waals surface area contributed by atoms with Crippen molar-refractivity contribution >= 4 is 17.5 Å². The van der Waals surface area contributed by atoms with Crippen molar-refractivity contribution in [1.82, 2.24) is 10.3 Å². The highest BCUT2D eigenvalue weighted by atomic mass is 16.4. The normalized spacial score (nSPS) is 28.7. The van der Waals surface area contributed by atoms with E-state index in [2.05, 4.69) is 54.4 Å². The molecule has 1 saturated carbocycles. The molecule has 142 valence electrons. The van der Waals surface area contributed by atoms with Gasteiger partial charge in [0.2, 0.25) is 0 Å². The molecule has 1 aliphatic carbocycles. The lowest BCUT2D eigenvalue weighted by Crippen LogP contribution is -2.49. The molecule has 1 unspecified atom stereocenters. The predicted octanol–water partition coefficient (Wildman–Crippen LogP) is 3.38. The Morgan fingerprint density at radius 3 is 2.69 bits per heavy atom. The fourth-order valence-corrected chi connectivity index (χ4v) is 5.52. The second kappa shape index (κ2) is 6.34. The fraction of sp³-hybridized carbons (Fsp3) is 0.650. The van der Waals surface area contributed by atoms with E-state index < -0.39 is 6.09 Å². The van der Waals surface area contributed by atoms with Crippen molar-refractivity contribution in [1.29, 1.82) is 0 Å². The van der Waals surface area contributed by atoms with Gasteiger partial charge in [0.15, 0.2) is 0 Å². The van der Waals surface area contributed by atoms with E-state index in [-0.39, 0.29) is 11.5 Å². The number of fused-ring (bicyclic) bond motifs is 3. The second-order valence-electron chi connectivity index (χ2n) is 8.41. The summed E-state index contributed by atoms with van der Waals surface area (Å²) >= 11 is 0. The Bertz CT molecular complexity index is 703. The van der Waals surface area contributed by atoms with Crippen LogP contribution < -0.4 is 15.3 Å². The molecule has 1 aromatic carbocycles. The molecule has 1 aromatic rings. The maximum Gasteiger partial charge on any atom is 0.423 e. The number of hydrogen-bond acceptors (Lipinski definition) is 4. The maximum atomic E-state index is 11.4. The van der Waals surface area contributed by atoms with Crippen LogP contribution in [0.3, 0.4) is 0 Å². The van der Waals surface area contributed by atoms with Crippen molar-refractivity contribution in [2.45, 2.75) is 63.1 Å². The summed E-state index contributed by atoms with van der Waals surface area (Å²) in [5.41, 5.74) is 6.36. The SMILES string of the molecule is CN1CC[C@@]2(C)c3cc(N(NC(=O)O)C4CCCCC4)ccc3N(C)C12. The van der Waals surface area contributed by atoms with Gasteiger partial charge < -0.3 is 10.0 Å². The monoisotopic (exact) mass is 358 g/mol. The molecule has 3 aliphatic rings. The highest BCUT2D eigenvalue weighted by Crippen LogP contribution is 2.51. The Balaban J connectivity index is 1.71. The first-order valence-corrected chi connectivity index (χ1v) is 9.78. The first-order valence-electron chi connectivity index (χ1n) is 9.78. The third-order valence-electron chi connectivity index (χ3n) is 6.75. The first kappa shape index (κ1) is 17.5. The molecule has 2 aliphatic heterocycles. The van der Waals surface area contributed by atoms with Gasteiger partial charge in [0.05, 0.1) is 17.9 Å². The fourth-order valence-electron chi connectivity index (χ4n) is 5.52. The molecule has 2 heterocycles. The average Bonchev–Trinajstić information content (AvgIpc) is 3.06. The number of hydrogen-bond donors (Lipinski definition) is 2. The lowest BCUT2D eigenvalue weighted by molar-refractivity contribution is 0.190. The Labute approximate surface area is 155 Å². The average molecular weight is 358 g/mol. The zero-order valence-electron chi connectivity index (χ0n) is 16.0. The van der Waals surface area contributed by atoms with Crippen molar-refractivity contribution in [3.8, 4) is 0 Å². The molecule has 0 radical (unpaired) electrons. The van der Waals surface area contributed by atoms with Crippen LogP contribution in [0.25, 0.3) is 0 Å². The van der Waals surface area contributed by atoms with Crippen LogP contribution in [-0.4, -0.2) is 48.9 Å². The second-order valence-corrected chi connectivity index (χ2v) is 8.41. The summed E-state index contributed by atoms with van der Waals surface area (Å²) in [5, 5.41) is 11.3. The number of likely N-dealkylation sites (tertiary alicyclic amines) is 1. The molecule has 1 amide bonds. The number of carbonyl (C=O) groups is 1. The van der Waals surface area contributed by atoms with E-state index in [4.69, 9.17) is 0 Å². The summed E-state index contributed by atoms with van der Waals surface area (Å²) in [6.45, 7) is 3.44. The lowest BCUT2D eigenvalue weighted by atomic mass is 9.81. The van der Waals surface area contributed by atoms with E-state index in [0.29, 0.717) is 6.17 Å². The lowest BCUT2D eigenvalue weighted by Gasteiger charge is -2.35. The van der Waals surface area contributed by atoms with E-state index in [1.54, 1.807) is 0 Å². The smallest absolute Gasteiger partial charge is 0.423 e. The van der Waals surface area contributed by atoms with Crippen molar-refractivity contribution in [3.63, 3.8) is 0 Å². The quantitative estimate of drug-likeness (QED) is 0.811. The van der Waals surface area contributed by atoms with Gasteiger partial charge in [0, 0.05) is 24.7 Å². The van der Waals surface area contributed by atoms with Crippen LogP contribution in [0.2, 0.25) is 0 Å². The Kier molecular flexibility index (Phi) is 4.26. The van der Waals surface area contributed by atoms with Gasteiger partial charge in [-0.1, -0.05) is 26.2 Å². The summed E-state index contributed by atoms with van der Waals surface area (Å²) in [6.07, 6.45) is 6.19. The van der Waals surface area contributed by atoms with Gasteiger partial charge in [-0.05, 0) is 50.1 Å². The highest BCUT2D eigenvalue weighted by molar-refractivity contribution is 5.72. The Morgan fingerprint density at radius 2 is 2.00 bits per heavy atom. The molecule has 26 heavy (non-hydrogen) atoms. The van der Waals surface area contributed by atoms with Gasteiger partial charge in [-0.25, -0.2) is 10.2 Å². The van der Waals surface area contributed by atoms with Gasteiger partial charge in [0.1, 0.15) is 0 Å². The number of hydrazine groups is 1. The molecule has 2 atom stereocenters. The highest BCUT2D eigenvalue weighted by Gasteiger charge is 2.52. The third-order valence-corrected chi connectivity index (χ3v) is 6.75. The number of nitrogens with zero attached hydrogens (tertiary/aromatic N) is 3. The van der Waals surface area contributed by atoms with Crippen LogP contribution in [0, 0.1) is 0 Å². The number of benzene rings is 1. The molecule has 6 nitrogen and oxygen atoms in total. The molecule has 6 heteroatoms. The molecular formula is C20H30N4O2. The zero-order chi connectivity index (χ0) is 18.5. The van der Waals surface area contributed by atoms with Crippen molar-refractivity contribution in [3.05, 3.63) is 23.8 Å². The number of anilines is 2. The minimum Gasteiger partial charge on any atom is -0.464 e. The molecule has 0 spiro atoms. The standard InChI is InChI=1S/C20H30N4O2/c1-20-11-12-22(2)18(20)23(3)17-10-9-15(13-16(17)20)24(21-19(25)26)14-7-5-4-6-8-14/h9-10,13-14,18,21H,4-8,11-12H2,1-3H3,(H,25,26)/t18?,20-/m0/s1. The molecule has 0 aromatic heterocycles.